The van der Waals surface area contributed by atoms with Gasteiger partial charge in [-0.2, -0.15) is 0 Å². The van der Waals surface area contributed by atoms with Crippen LogP contribution in [0.1, 0.15) is 48.0 Å². The van der Waals surface area contributed by atoms with Gasteiger partial charge in [-0.25, -0.2) is 9.97 Å². The molecule has 3 N–H and O–H groups in total. The summed E-state index contributed by atoms with van der Waals surface area (Å²) >= 11 is 0. The predicted octanol–water partition coefficient (Wildman–Crippen LogP) is 2.47. The molecule has 3 aromatic rings. The number of oxazole rings is 1. The molecule has 0 spiro atoms. The molecule has 4 heterocycles. The number of pyridine rings is 1. The first-order valence-electron chi connectivity index (χ1n) is 14.0. The molecule has 2 amide bonds. The van der Waals surface area contributed by atoms with E-state index in [2.05, 4.69) is 37.6 Å². The van der Waals surface area contributed by atoms with Crippen LogP contribution in [0.5, 0.6) is 5.75 Å². The Kier molecular flexibility index (Phi) is 8.55. The van der Waals surface area contributed by atoms with Crippen molar-refractivity contribution in [2.75, 3.05) is 38.0 Å². The number of amides is 2. The normalized spacial score (nSPS) is 17.0. The lowest BCUT2D eigenvalue weighted by Crippen LogP contribution is -2.58. The van der Waals surface area contributed by atoms with Gasteiger partial charge in [0, 0.05) is 56.9 Å². The number of carbonyl (C=O) groups is 2. The highest BCUT2D eigenvalue weighted by Gasteiger charge is 2.32. The molecule has 0 unspecified atom stereocenters. The second kappa shape index (κ2) is 12.3. The Labute approximate surface area is 239 Å². The standard InChI is InChI=1S/C30H38N6O5/c1-20(2)29(38)36-14-24(15-36)34-27-11-22(6-8-32-27)28(37)33-17-30(3,39)18-35-9-7-21-10-25(5-4-23(21)13-35)40-16-26-12-31-19-41-26/h4-6,8,10-12,19-20,24,39H,7,9,13-18H2,1-3H3,(H,32,34)(H,33,37)/t30-/m1/s1. The third kappa shape index (κ3) is 7.42. The highest BCUT2D eigenvalue weighted by atomic mass is 16.5. The number of aliphatic hydroxyl groups is 1. The number of hydrogen-bond acceptors (Lipinski definition) is 9. The van der Waals surface area contributed by atoms with Gasteiger partial charge in [-0.15, -0.1) is 0 Å². The third-order valence-electron chi connectivity index (χ3n) is 7.39. The molecule has 11 heteroatoms. The zero-order chi connectivity index (χ0) is 29.0. The lowest BCUT2D eigenvalue weighted by Gasteiger charge is -2.40. The monoisotopic (exact) mass is 562 g/mol. The second-order valence-corrected chi connectivity index (χ2v) is 11.5. The minimum absolute atomic E-state index is 0.0192. The number of likely N-dealkylation sites (tertiary alicyclic amines) is 1. The Morgan fingerprint density at radius 3 is 2.80 bits per heavy atom. The van der Waals surface area contributed by atoms with Gasteiger partial charge in [-0.05, 0) is 48.7 Å². The van der Waals surface area contributed by atoms with Crippen molar-refractivity contribution in [1.29, 1.82) is 0 Å². The molecule has 0 saturated carbocycles. The number of nitrogens with zero attached hydrogens (tertiary/aromatic N) is 4. The number of β-amino-alcohol motifs (C(OH)–C–C–N with tert-alkyl or cyclic N) is 1. The van der Waals surface area contributed by atoms with Crippen molar-refractivity contribution in [1.82, 2.24) is 25.1 Å². The minimum atomic E-state index is -1.11. The van der Waals surface area contributed by atoms with Gasteiger partial charge in [0.1, 0.15) is 18.2 Å². The molecule has 2 aliphatic heterocycles. The van der Waals surface area contributed by atoms with Gasteiger partial charge in [-0.3, -0.25) is 14.5 Å². The molecule has 1 atom stereocenters. The lowest BCUT2D eigenvalue weighted by molar-refractivity contribution is -0.138. The van der Waals surface area contributed by atoms with Crippen LogP contribution in [0, 0.1) is 5.92 Å². The van der Waals surface area contributed by atoms with Gasteiger partial charge in [0.05, 0.1) is 17.8 Å². The molecule has 218 valence electrons. The van der Waals surface area contributed by atoms with E-state index in [9.17, 15) is 14.7 Å². The van der Waals surface area contributed by atoms with Gasteiger partial charge in [0.25, 0.3) is 5.91 Å². The molecule has 41 heavy (non-hydrogen) atoms. The Hall–Kier alpha value is -3.96. The van der Waals surface area contributed by atoms with E-state index >= 15 is 0 Å². The molecule has 0 radical (unpaired) electrons. The fourth-order valence-electron chi connectivity index (χ4n) is 5.17. The maximum Gasteiger partial charge on any atom is 0.251 e. The maximum absolute atomic E-state index is 12.9. The molecule has 1 fully saturated rings. The largest absolute Gasteiger partial charge is 0.486 e. The van der Waals surface area contributed by atoms with Crippen LogP contribution in [-0.4, -0.2) is 81.1 Å². The molecule has 2 aliphatic rings. The predicted molar refractivity (Wildman–Crippen MR) is 152 cm³/mol. The molecule has 1 saturated heterocycles. The Balaban J connectivity index is 1.08. The van der Waals surface area contributed by atoms with Crippen LogP contribution in [0.2, 0.25) is 0 Å². The van der Waals surface area contributed by atoms with Crippen molar-refractivity contribution >= 4 is 17.6 Å². The van der Waals surface area contributed by atoms with E-state index in [1.54, 1.807) is 31.5 Å². The van der Waals surface area contributed by atoms with E-state index < -0.39 is 5.60 Å². The highest BCUT2D eigenvalue weighted by molar-refractivity contribution is 5.94. The number of nitrogens with one attached hydrogen (secondary N) is 2. The zero-order valence-electron chi connectivity index (χ0n) is 23.8. The molecular weight excluding hydrogens is 524 g/mol. The van der Waals surface area contributed by atoms with Crippen LogP contribution in [0.25, 0.3) is 0 Å². The summed E-state index contributed by atoms with van der Waals surface area (Å²) in [5, 5.41) is 17.3. The van der Waals surface area contributed by atoms with Crippen molar-refractivity contribution in [2.45, 2.75) is 52.0 Å². The smallest absolute Gasteiger partial charge is 0.251 e. The number of rotatable bonds is 11. The number of ether oxygens (including phenoxy) is 1. The van der Waals surface area contributed by atoms with Crippen LogP contribution < -0.4 is 15.4 Å². The van der Waals surface area contributed by atoms with Gasteiger partial charge < -0.3 is 29.8 Å². The summed E-state index contributed by atoms with van der Waals surface area (Å²) in [5.74, 6) is 1.89. The first-order valence-corrected chi connectivity index (χ1v) is 14.0. The number of benzene rings is 1. The van der Waals surface area contributed by atoms with E-state index in [0.717, 1.165) is 18.7 Å². The fraction of sp³-hybridized carbons (Fsp3) is 0.467. The van der Waals surface area contributed by atoms with Crippen LogP contribution in [0.3, 0.4) is 0 Å². The quantitative estimate of drug-likeness (QED) is 0.322. The molecule has 0 aliphatic carbocycles. The Bertz CT molecular complexity index is 1350. The summed E-state index contributed by atoms with van der Waals surface area (Å²) in [6.45, 7) is 9.15. The maximum atomic E-state index is 12.9. The average molecular weight is 563 g/mol. The molecule has 5 rings (SSSR count). The second-order valence-electron chi connectivity index (χ2n) is 11.5. The lowest BCUT2D eigenvalue weighted by atomic mass is 9.97. The van der Waals surface area contributed by atoms with E-state index in [4.69, 9.17) is 9.15 Å². The molecule has 11 nitrogen and oxygen atoms in total. The topological polar surface area (TPSA) is 133 Å². The van der Waals surface area contributed by atoms with Crippen LogP contribution in [0.15, 0.2) is 53.5 Å². The number of carbonyl (C=O) groups excluding carboxylic acids is 2. The highest BCUT2D eigenvalue weighted by Crippen LogP contribution is 2.25. The summed E-state index contributed by atoms with van der Waals surface area (Å²) in [7, 11) is 0. The summed E-state index contributed by atoms with van der Waals surface area (Å²) in [4.78, 5) is 37.2. The SMILES string of the molecule is CC(C)C(=O)N1CC(Nc2cc(C(=O)NC[C@@](C)(O)CN3CCc4cc(OCc5cnco5)ccc4C3)ccn2)C1. The van der Waals surface area contributed by atoms with E-state index in [-0.39, 0.29) is 30.3 Å². The van der Waals surface area contributed by atoms with E-state index in [1.807, 2.05) is 24.8 Å². The third-order valence-corrected chi connectivity index (χ3v) is 7.39. The molecule has 1 aromatic carbocycles. The van der Waals surface area contributed by atoms with Crippen molar-refractivity contribution < 1.29 is 23.8 Å². The first-order chi connectivity index (χ1) is 19.6. The Morgan fingerprint density at radius 2 is 2.05 bits per heavy atom. The summed E-state index contributed by atoms with van der Waals surface area (Å²) in [6.07, 6.45) is 5.45. The van der Waals surface area contributed by atoms with Crippen molar-refractivity contribution in [2.24, 2.45) is 5.92 Å². The molecule has 2 aromatic heterocycles. The average Bonchev–Trinajstić information content (AvgIpc) is 3.46. The van der Waals surface area contributed by atoms with Gasteiger partial charge >= 0.3 is 0 Å². The van der Waals surface area contributed by atoms with Gasteiger partial charge in [-0.1, -0.05) is 19.9 Å². The molecular formula is C30H38N6O5. The molecule has 0 bridgehead atoms. The fourth-order valence-corrected chi connectivity index (χ4v) is 5.17. The summed E-state index contributed by atoms with van der Waals surface area (Å²) < 4.78 is 11.0. The number of fused-ring (bicyclic) bond motifs is 1. The Morgan fingerprint density at radius 1 is 1.22 bits per heavy atom. The van der Waals surface area contributed by atoms with Crippen LogP contribution in [0.4, 0.5) is 5.82 Å². The minimum Gasteiger partial charge on any atom is -0.486 e. The van der Waals surface area contributed by atoms with Crippen LogP contribution >= 0.6 is 0 Å². The van der Waals surface area contributed by atoms with Crippen LogP contribution in [-0.2, 0) is 24.4 Å². The number of anilines is 1. The number of hydrogen-bond donors (Lipinski definition) is 3. The zero-order valence-corrected chi connectivity index (χ0v) is 23.8. The summed E-state index contributed by atoms with van der Waals surface area (Å²) in [6, 6.07) is 9.52. The van der Waals surface area contributed by atoms with E-state index in [0.29, 0.717) is 49.9 Å². The van der Waals surface area contributed by atoms with Crippen molar-refractivity contribution in [3.8, 4) is 5.75 Å². The summed E-state index contributed by atoms with van der Waals surface area (Å²) in [5.41, 5.74) is 1.77. The number of aromatic nitrogens is 2. The first kappa shape index (κ1) is 28.6. The van der Waals surface area contributed by atoms with Crippen molar-refractivity contribution in [3.05, 3.63) is 71.6 Å². The van der Waals surface area contributed by atoms with E-state index in [1.165, 1.54) is 17.5 Å². The van der Waals surface area contributed by atoms with Crippen molar-refractivity contribution in [3.63, 3.8) is 0 Å². The van der Waals surface area contributed by atoms with Gasteiger partial charge in [0.15, 0.2) is 12.2 Å². The van der Waals surface area contributed by atoms with Gasteiger partial charge in [0.2, 0.25) is 5.91 Å².